The Labute approximate surface area is 309 Å². The van der Waals surface area contributed by atoms with Crippen LogP contribution in [0.2, 0.25) is 0 Å². The van der Waals surface area contributed by atoms with Crippen LogP contribution in [-0.2, 0) is 0 Å². The second-order valence-electron chi connectivity index (χ2n) is 12.1. The van der Waals surface area contributed by atoms with Crippen LogP contribution < -0.4 is 0 Å². The lowest BCUT2D eigenvalue weighted by Gasteiger charge is -2.10. The fourth-order valence-electron chi connectivity index (χ4n) is 7.08. The van der Waals surface area contributed by atoms with E-state index in [9.17, 15) is 0 Å². The molecule has 6 heteroatoms. The predicted molar refractivity (Wildman–Crippen MR) is 211 cm³/mol. The van der Waals surface area contributed by atoms with Crippen molar-refractivity contribution in [1.29, 1.82) is 0 Å². The molecule has 0 spiro atoms. The average Bonchev–Trinajstić information content (AvgIpc) is 3.95. The average molecular weight is 681 g/mol. The Hall–Kier alpha value is -6.63. The van der Waals surface area contributed by atoms with Gasteiger partial charge in [0, 0.05) is 53.0 Å². The summed E-state index contributed by atoms with van der Waals surface area (Å²) in [5.41, 5.74) is 3.78. The number of nitrogens with zero attached hydrogens (tertiary/aromatic N) is 4. The van der Waals surface area contributed by atoms with E-state index in [0.29, 0.717) is 16.7 Å². The van der Waals surface area contributed by atoms with Crippen LogP contribution in [0, 0.1) is 0 Å². The Bertz CT molecular complexity index is 3600. The molecule has 0 amide bonds. The van der Waals surface area contributed by atoms with Gasteiger partial charge in [0.25, 0.3) is 0 Å². The maximum atomic E-state index is 8.67. The molecule has 0 aliphatic carbocycles. The minimum absolute atomic E-state index is 0.0454. The molecule has 0 unspecified atom stereocenters. The van der Waals surface area contributed by atoms with Crippen molar-refractivity contribution < 1.29 is 18.1 Å². The Morgan fingerprint density at radius 3 is 1.94 bits per heavy atom. The molecule has 4 heterocycles. The third-order valence-corrected chi connectivity index (χ3v) is 10.4. The molecule has 7 aromatic carbocycles. The van der Waals surface area contributed by atoms with Crippen molar-refractivity contribution in [3.63, 3.8) is 0 Å². The Balaban J connectivity index is 1.15. The van der Waals surface area contributed by atoms with E-state index in [2.05, 4.69) is 80.2 Å². The van der Waals surface area contributed by atoms with Gasteiger partial charge in [0.05, 0.1) is 35.8 Å². The molecule has 0 saturated heterocycles. The monoisotopic (exact) mass is 680 g/mol. The van der Waals surface area contributed by atoms with E-state index in [1.807, 2.05) is 24.3 Å². The van der Waals surface area contributed by atoms with Crippen molar-refractivity contribution in [2.24, 2.45) is 0 Å². The number of fused-ring (bicyclic) bond motifs is 10. The standard InChI is InChI=1S/C45H26N4OS/c1-3-12-27(13-4-1)43-46-44(28-14-5-2-6-15-28)48-45(47-43)29-22-23-33-38(26-29)50-37-20-11-19-35(40(33)37)49-34-18-9-7-17-32(34)41-36(49)25-24-31-30-16-8-10-21-39(30)51-42(31)41/h1-26H/i1D,2D,3D,4D,5D,6D,12D,13D,14D,15D. The normalized spacial score (nSPS) is 14.7. The summed E-state index contributed by atoms with van der Waals surface area (Å²) in [4.78, 5) is 13.6. The highest BCUT2D eigenvalue weighted by Gasteiger charge is 2.21. The third-order valence-electron chi connectivity index (χ3n) is 9.24. The number of para-hydroxylation sites is 1. The summed E-state index contributed by atoms with van der Waals surface area (Å²) in [5, 5.41) is 6.37. The van der Waals surface area contributed by atoms with Crippen molar-refractivity contribution >= 4 is 75.3 Å². The molecule has 0 bridgehead atoms. The van der Waals surface area contributed by atoms with Crippen LogP contribution in [0.5, 0.6) is 0 Å². The smallest absolute Gasteiger partial charge is 0.164 e. The van der Waals surface area contributed by atoms with Crippen LogP contribution >= 0.6 is 11.3 Å². The van der Waals surface area contributed by atoms with Gasteiger partial charge < -0.3 is 8.98 Å². The second-order valence-corrected chi connectivity index (χ2v) is 13.1. The number of thiophene rings is 1. The zero-order valence-electron chi connectivity index (χ0n) is 36.3. The largest absolute Gasteiger partial charge is 0.456 e. The third kappa shape index (κ3) is 4.30. The molecule has 0 aliphatic heterocycles. The molecule has 238 valence electrons. The van der Waals surface area contributed by atoms with Crippen LogP contribution in [0.3, 0.4) is 0 Å². The molecule has 0 N–H and O–H groups in total. The summed E-state index contributed by atoms with van der Waals surface area (Å²) in [6, 6.07) is 26.5. The molecule has 0 saturated carbocycles. The number of hydrogen-bond acceptors (Lipinski definition) is 5. The summed E-state index contributed by atoms with van der Waals surface area (Å²) in [7, 11) is 0. The van der Waals surface area contributed by atoms with Crippen LogP contribution in [0.1, 0.15) is 13.7 Å². The van der Waals surface area contributed by atoms with E-state index in [-0.39, 0.29) is 28.6 Å². The Morgan fingerprint density at radius 2 is 1.18 bits per heavy atom. The lowest BCUT2D eigenvalue weighted by atomic mass is 10.1. The lowest BCUT2D eigenvalue weighted by Crippen LogP contribution is -2.00. The van der Waals surface area contributed by atoms with E-state index >= 15 is 0 Å². The number of rotatable bonds is 4. The first-order chi connectivity index (χ1) is 29.4. The Kier molecular flexibility index (Phi) is 4.32. The van der Waals surface area contributed by atoms with Crippen LogP contribution in [0.15, 0.2) is 162 Å². The van der Waals surface area contributed by atoms with Crippen molar-refractivity contribution in [3.05, 3.63) is 157 Å². The summed E-state index contributed by atoms with van der Waals surface area (Å²) in [6.45, 7) is 0. The number of aromatic nitrogens is 4. The molecular formula is C45H26N4OS. The highest BCUT2D eigenvalue weighted by Crippen LogP contribution is 2.45. The SMILES string of the molecule is [2H]c1c([2H])c([2H])c(-c2nc(-c3ccc4c(c3)oc3cccc(-n5c6ccccc6c6c7sc8ccccc8c7ccc65)c34)nc(-c3c([2H])c([2H])c([2H])c([2H])c3[2H])n2)c([2H])c1[2H]. The van der Waals surface area contributed by atoms with Gasteiger partial charge in [-0.15, -0.1) is 11.3 Å². The number of hydrogen-bond donors (Lipinski definition) is 0. The van der Waals surface area contributed by atoms with E-state index in [0.717, 1.165) is 32.9 Å². The van der Waals surface area contributed by atoms with Crippen molar-refractivity contribution in [2.75, 3.05) is 0 Å². The number of furan rings is 1. The fraction of sp³-hybridized carbons (Fsp3) is 0. The first kappa shape index (κ1) is 20.1. The first-order valence-corrected chi connectivity index (χ1v) is 16.9. The maximum Gasteiger partial charge on any atom is 0.164 e. The first-order valence-electron chi connectivity index (χ1n) is 21.1. The molecule has 5 nitrogen and oxygen atoms in total. The van der Waals surface area contributed by atoms with E-state index < -0.39 is 60.4 Å². The molecule has 11 aromatic rings. The molecular weight excluding hydrogens is 645 g/mol. The molecule has 51 heavy (non-hydrogen) atoms. The molecule has 4 aromatic heterocycles. The van der Waals surface area contributed by atoms with Crippen molar-refractivity contribution in [1.82, 2.24) is 19.5 Å². The zero-order valence-corrected chi connectivity index (χ0v) is 27.2. The van der Waals surface area contributed by atoms with E-state index in [4.69, 9.17) is 18.1 Å². The van der Waals surface area contributed by atoms with Gasteiger partial charge in [-0.2, -0.15) is 0 Å². The van der Waals surface area contributed by atoms with Gasteiger partial charge in [-0.05, 0) is 42.5 Å². The van der Waals surface area contributed by atoms with Crippen LogP contribution in [-0.4, -0.2) is 19.5 Å². The molecule has 0 aliphatic rings. The lowest BCUT2D eigenvalue weighted by molar-refractivity contribution is 0.669. The number of benzene rings is 7. The van der Waals surface area contributed by atoms with Gasteiger partial charge in [0.1, 0.15) is 11.2 Å². The second kappa shape index (κ2) is 10.9. The minimum atomic E-state index is -0.613. The van der Waals surface area contributed by atoms with Gasteiger partial charge >= 0.3 is 0 Å². The van der Waals surface area contributed by atoms with Crippen molar-refractivity contribution in [2.45, 2.75) is 0 Å². The van der Waals surface area contributed by atoms with Crippen molar-refractivity contribution in [3.8, 4) is 39.9 Å². The Morgan fingerprint density at radius 1 is 0.510 bits per heavy atom. The molecule has 0 radical (unpaired) electrons. The topological polar surface area (TPSA) is 56.7 Å². The molecule has 0 atom stereocenters. The maximum absolute atomic E-state index is 8.67. The van der Waals surface area contributed by atoms with Gasteiger partial charge in [-0.25, -0.2) is 15.0 Å². The van der Waals surface area contributed by atoms with Gasteiger partial charge in [0.15, 0.2) is 17.5 Å². The van der Waals surface area contributed by atoms with Crippen LogP contribution in [0.25, 0.3) is 104 Å². The van der Waals surface area contributed by atoms with E-state index in [1.54, 1.807) is 23.5 Å². The summed E-state index contributed by atoms with van der Waals surface area (Å²) < 4.78 is 95.4. The van der Waals surface area contributed by atoms with Gasteiger partial charge in [0.2, 0.25) is 0 Å². The summed E-state index contributed by atoms with van der Waals surface area (Å²) in [5.74, 6) is -0.722. The molecule has 0 fully saturated rings. The highest BCUT2D eigenvalue weighted by atomic mass is 32.1. The summed E-state index contributed by atoms with van der Waals surface area (Å²) >= 11 is 1.78. The molecule has 11 rings (SSSR count). The van der Waals surface area contributed by atoms with Gasteiger partial charge in [-0.1, -0.05) is 115 Å². The summed E-state index contributed by atoms with van der Waals surface area (Å²) in [6.07, 6.45) is 0. The minimum Gasteiger partial charge on any atom is -0.456 e. The highest BCUT2D eigenvalue weighted by molar-refractivity contribution is 7.26. The fourth-order valence-corrected chi connectivity index (χ4v) is 8.34. The zero-order chi connectivity index (χ0) is 42.2. The van der Waals surface area contributed by atoms with Crippen LogP contribution in [0.4, 0.5) is 0 Å². The quantitative estimate of drug-likeness (QED) is 0.186. The van der Waals surface area contributed by atoms with Gasteiger partial charge in [-0.3, -0.25) is 0 Å². The predicted octanol–water partition coefficient (Wildman–Crippen LogP) is 12.2. The van der Waals surface area contributed by atoms with E-state index in [1.165, 1.54) is 25.6 Å².